The number of furan rings is 1. The van der Waals surface area contributed by atoms with Crippen LogP contribution in [0.2, 0.25) is 0 Å². The van der Waals surface area contributed by atoms with Crippen LogP contribution in [0.1, 0.15) is 40.1 Å². The molecule has 4 aromatic carbocycles. The Hall–Kier alpha value is -6.09. The normalized spacial score (nSPS) is 11.6. The largest absolute Gasteiger partial charge is 0.457 e. The molecule has 2 N–H and O–H groups in total. The first-order valence-electron chi connectivity index (χ1n) is 13.7. The summed E-state index contributed by atoms with van der Waals surface area (Å²) in [5.74, 6) is -0.616. The van der Waals surface area contributed by atoms with Crippen LogP contribution < -0.4 is 10.6 Å². The molecule has 0 bridgehead atoms. The average molecular weight is 586 g/mol. The fourth-order valence-corrected chi connectivity index (χ4v) is 4.48. The van der Waals surface area contributed by atoms with Crippen LogP contribution in [-0.2, 0) is 9.59 Å². The summed E-state index contributed by atoms with van der Waals surface area (Å²) in [7, 11) is 0. The van der Waals surface area contributed by atoms with Gasteiger partial charge in [-0.05, 0) is 61.0 Å². The Morgan fingerprint density at radius 3 is 2.18 bits per heavy atom. The SMILES string of the molecule is CC(C(=O)Nc1ccc(NC(=O)/C=C/c2ccc(-c3ccc([N+](=O)[O-])cc3)o2)cc1C(=O)c1ccccc1)c1ccccc1. The number of amides is 2. The van der Waals surface area contributed by atoms with Crippen molar-refractivity contribution >= 4 is 40.7 Å². The van der Waals surface area contributed by atoms with Gasteiger partial charge in [0.25, 0.3) is 5.69 Å². The van der Waals surface area contributed by atoms with Crippen molar-refractivity contribution in [3.05, 3.63) is 154 Å². The van der Waals surface area contributed by atoms with Gasteiger partial charge in [-0.1, -0.05) is 60.7 Å². The second kappa shape index (κ2) is 13.3. The van der Waals surface area contributed by atoms with E-state index >= 15 is 0 Å². The summed E-state index contributed by atoms with van der Waals surface area (Å²) in [6.07, 6.45) is 2.77. The van der Waals surface area contributed by atoms with Crippen LogP contribution in [0.3, 0.4) is 0 Å². The number of hydrogen-bond donors (Lipinski definition) is 2. The first-order chi connectivity index (χ1) is 21.3. The molecule has 1 aromatic heterocycles. The highest BCUT2D eigenvalue weighted by Gasteiger charge is 2.20. The molecule has 218 valence electrons. The summed E-state index contributed by atoms with van der Waals surface area (Å²) in [5, 5.41) is 16.5. The third-order valence-electron chi connectivity index (χ3n) is 6.91. The molecule has 0 radical (unpaired) electrons. The Morgan fingerprint density at radius 2 is 1.50 bits per heavy atom. The molecule has 1 unspecified atom stereocenters. The summed E-state index contributed by atoms with van der Waals surface area (Å²) < 4.78 is 5.75. The fourth-order valence-electron chi connectivity index (χ4n) is 4.48. The van der Waals surface area contributed by atoms with E-state index in [1.165, 1.54) is 30.4 Å². The number of ketones is 1. The summed E-state index contributed by atoms with van der Waals surface area (Å²) in [6.45, 7) is 1.79. The third kappa shape index (κ3) is 7.03. The van der Waals surface area contributed by atoms with Gasteiger partial charge in [0.1, 0.15) is 11.5 Å². The Labute approximate surface area is 253 Å². The molecular weight excluding hydrogens is 558 g/mol. The van der Waals surface area contributed by atoms with E-state index in [2.05, 4.69) is 10.6 Å². The number of rotatable bonds is 10. The number of nitrogens with one attached hydrogen (secondary N) is 2. The molecule has 0 aliphatic carbocycles. The number of nitro benzene ring substituents is 1. The van der Waals surface area contributed by atoms with E-state index < -0.39 is 16.7 Å². The van der Waals surface area contributed by atoms with Crippen molar-refractivity contribution in [2.75, 3.05) is 10.6 Å². The maximum Gasteiger partial charge on any atom is 0.269 e. The van der Waals surface area contributed by atoms with Crippen molar-refractivity contribution in [3.8, 4) is 11.3 Å². The lowest BCUT2D eigenvalue weighted by Crippen LogP contribution is -2.21. The average Bonchev–Trinajstić information content (AvgIpc) is 3.54. The Bertz CT molecular complexity index is 1840. The quantitative estimate of drug-likeness (QED) is 0.0756. The zero-order valence-corrected chi connectivity index (χ0v) is 23.6. The van der Waals surface area contributed by atoms with Gasteiger partial charge in [-0.25, -0.2) is 0 Å². The Balaban J connectivity index is 1.32. The smallest absolute Gasteiger partial charge is 0.269 e. The molecule has 5 aromatic rings. The molecule has 0 saturated heterocycles. The fraction of sp³-hybridized carbons (Fsp3) is 0.0571. The minimum Gasteiger partial charge on any atom is -0.457 e. The lowest BCUT2D eigenvalue weighted by molar-refractivity contribution is -0.384. The first-order valence-corrected chi connectivity index (χ1v) is 13.7. The maximum atomic E-state index is 13.5. The van der Waals surface area contributed by atoms with Crippen LogP contribution in [-0.4, -0.2) is 22.5 Å². The minimum atomic E-state index is -0.477. The van der Waals surface area contributed by atoms with Crippen molar-refractivity contribution in [3.63, 3.8) is 0 Å². The van der Waals surface area contributed by atoms with E-state index in [0.29, 0.717) is 34.0 Å². The zero-order valence-electron chi connectivity index (χ0n) is 23.6. The number of carbonyl (C=O) groups excluding carboxylic acids is 3. The van der Waals surface area contributed by atoms with Gasteiger partial charge < -0.3 is 15.1 Å². The van der Waals surface area contributed by atoms with Crippen LogP contribution in [0.5, 0.6) is 0 Å². The molecule has 0 aliphatic heterocycles. The molecule has 1 heterocycles. The molecule has 0 aliphatic rings. The van der Waals surface area contributed by atoms with Gasteiger partial charge in [0.2, 0.25) is 11.8 Å². The zero-order chi connectivity index (χ0) is 31.1. The molecule has 1 atom stereocenters. The summed E-state index contributed by atoms with van der Waals surface area (Å²) in [4.78, 5) is 49.8. The lowest BCUT2D eigenvalue weighted by atomic mass is 9.98. The van der Waals surface area contributed by atoms with E-state index in [9.17, 15) is 24.5 Å². The van der Waals surface area contributed by atoms with Crippen molar-refractivity contribution in [1.82, 2.24) is 0 Å². The molecular formula is C35H27N3O6. The standard InChI is InChI=1S/C35H27N3O6/c1-23(24-8-4-2-5-9-24)35(41)37-31-19-14-27(22-30(31)34(40)26-10-6-3-7-11-26)36-33(39)21-18-29-17-20-32(44-29)25-12-15-28(16-13-25)38(42)43/h2-23H,1H3,(H,36,39)(H,37,41)/b21-18+. The highest BCUT2D eigenvalue weighted by atomic mass is 16.6. The topological polar surface area (TPSA) is 132 Å². The number of carbonyl (C=O) groups is 3. The number of nitrogens with zero attached hydrogens (tertiary/aromatic N) is 1. The van der Waals surface area contributed by atoms with E-state index in [-0.39, 0.29) is 22.9 Å². The van der Waals surface area contributed by atoms with Gasteiger partial charge in [-0.15, -0.1) is 0 Å². The van der Waals surface area contributed by atoms with Crippen LogP contribution in [0, 0.1) is 10.1 Å². The van der Waals surface area contributed by atoms with Crippen molar-refractivity contribution in [1.29, 1.82) is 0 Å². The Morgan fingerprint density at radius 1 is 0.818 bits per heavy atom. The van der Waals surface area contributed by atoms with Crippen LogP contribution >= 0.6 is 0 Å². The van der Waals surface area contributed by atoms with Crippen molar-refractivity contribution in [2.24, 2.45) is 0 Å². The van der Waals surface area contributed by atoms with Crippen molar-refractivity contribution in [2.45, 2.75) is 12.8 Å². The van der Waals surface area contributed by atoms with Gasteiger partial charge in [0.05, 0.1) is 16.5 Å². The van der Waals surface area contributed by atoms with Crippen LogP contribution in [0.25, 0.3) is 17.4 Å². The molecule has 2 amide bonds. The molecule has 5 rings (SSSR count). The Kier molecular flexibility index (Phi) is 8.86. The van der Waals surface area contributed by atoms with E-state index in [0.717, 1.165) is 5.56 Å². The highest BCUT2D eigenvalue weighted by Crippen LogP contribution is 2.27. The summed E-state index contributed by atoms with van der Waals surface area (Å²) in [5.41, 5.74) is 2.82. The van der Waals surface area contributed by atoms with Gasteiger partial charge in [0.15, 0.2) is 5.78 Å². The van der Waals surface area contributed by atoms with Gasteiger partial charge >= 0.3 is 0 Å². The first kappa shape index (κ1) is 29.4. The number of hydrogen-bond acceptors (Lipinski definition) is 6. The number of non-ortho nitro benzene ring substituents is 1. The summed E-state index contributed by atoms with van der Waals surface area (Å²) in [6, 6.07) is 32.0. The predicted octanol–water partition coefficient (Wildman–Crippen LogP) is 7.48. The van der Waals surface area contributed by atoms with Crippen LogP contribution in [0.15, 0.2) is 126 Å². The third-order valence-corrected chi connectivity index (χ3v) is 6.91. The summed E-state index contributed by atoms with van der Waals surface area (Å²) >= 11 is 0. The second-order valence-corrected chi connectivity index (χ2v) is 9.91. The van der Waals surface area contributed by atoms with Crippen LogP contribution in [0.4, 0.5) is 17.1 Å². The number of anilines is 2. The minimum absolute atomic E-state index is 0.0251. The van der Waals surface area contributed by atoms with Crippen molar-refractivity contribution < 1.29 is 23.7 Å². The molecule has 9 nitrogen and oxygen atoms in total. The monoisotopic (exact) mass is 585 g/mol. The maximum absolute atomic E-state index is 13.5. The number of nitro groups is 1. The molecule has 0 saturated carbocycles. The molecule has 0 fully saturated rings. The van der Waals surface area contributed by atoms with Gasteiger partial charge in [0, 0.05) is 40.6 Å². The molecule has 44 heavy (non-hydrogen) atoms. The second-order valence-electron chi connectivity index (χ2n) is 9.91. The van der Waals surface area contributed by atoms with Gasteiger partial charge in [-0.3, -0.25) is 24.5 Å². The van der Waals surface area contributed by atoms with E-state index in [1.54, 1.807) is 73.7 Å². The predicted molar refractivity (Wildman–Crippen MR) is 168 cm³/mol. The number of benzene rings is 4. The lowest BCUT2D eigenvalue weighted by Gasteiger charge is -2.16. The van der Waals surface area contributed by atoms with E-state index in [1.807, 2.05) is 30.3 Å². The van der Waals surface area contributed by atoms with Gasteiger partial charge in [-0.2, -0.15) is 0 Å². The molecule has 9 heteroatoms. The highest BCUT2D eigenvalue weighted by molar-refractivity contribution is 6.15. The van der Waals surface area contributed by atoms with E-state index in [4.69, 9.17) is 4.42 Å². The molecule has 0 spiro atoms.